The lowest BCUT2D eigenvalue weighted by Crippen LogP contribution is -2.46. The summed E-state index contributed by atoms with van der Waals surface area (Å²) >= 11 is 10.9. The maximum Gasteiger partial charge on any atom is 0.243 e. The Balaban J connectivity index is 1.84. The van der Waals surface area contributed by atoms with E-state index in [-0.39, 0.29) is 26.6 Å². The van der Waals surface area contributed by atoms with Crippen LogP contribution in [0.5, 0.6) is 5.75 Å². The van der Waals surface area contributed by atoms with Gasteiger partial charge in [0, 0.05) is 36.1 Å². The van der Waals surface area contributed by atoms with Crippen molar-refractivity contribution in [3.05, 3.63) is 57.6 Å². The molecule has 0 spiro atoms. The molecule has 0 radical (unpaired) electrons. The number of aromatic hydroxyl groups is 1. The lowest BCUT2D eigenvalue weighted by Gasteiger charge is -2.37. The molecule has 0 aromatic heterocycles. The normalized spacial score (nSPS) is 18.3. The summed E-state index contributed by atoms with van der Waals surface area (Å²) < 4.78 is 43.2. The topological polar surface area (TPSA) is 92.7 Å². The van der Waals surface area contributed by atoms with Gasteiger partial charge in [-0.05, 0) is 64.7 Å². The third-order valence-corrected chi connectivity index (χ3v) is 10.0. The van der Waals surface area contributed by atoms with Crippen LogP contribution >= 0.6 is 23.2 Å². The molecule has 1 fully saturated rings. The van der Waals surface area contributed by atoms with Gasteiger partial charge in [0.15, 0.2) is 0 Å². The van der Waals surface area contributed by atoms with E-state index in [1.165, 1.54) is 10.4 Å². The summed E-state index contributed by atoms with van der Waals surface area (Å²) in [5.74, 6) is -0.105. The van der Waals surface area contributed by atoms with Crippen molar-refractivity contribution in [2.24, 2.45) is 5.92 Å². The number of halogens is 2. The monoisotopic (exact) mass is 532 g/mol. The van der Waals surface area contributed by atoms with Gasteiger partial charge in [0.2, 0.25) is 10.0 Å². The van der Waals surface area contributed by atoms with E-state index in [9.17, 15) is 18.1 Å². The van der Waals surface area contributed by atoms with Crippen molar-refractivity contribution in [3.63, 3.8) is 0 Å². The van der Waals surface area contributed by atoms with Crippen LogP contribution in [0.15, 0.2) is 41.3 Å². The molecule has 0 bridgehead atoms. The number of benzene rings is 2. The molecule has 2 unspecified atom stereocenters. The highest BCUT2D eigenvalue weighted by atomic mass is 35.5. The first-order valence-electron chi connectivity index (χ1n) is 10.7. The third kappa shape index (κ3) is 6.17. The number of hydrogen-bond acceptors (Lipinski definition) is 5. The molecule has 1 saturated heterocycles. The Hall–Kier alpha value is -1.00. The molecule has 10 heteroatoms. The number of nitrogens with one attached hydrogen (secondary N) is 1. The third-order valence-electron chi connectivity index (χ3n) is 5.82. The summed E-state index contributed by atoms with van der Waals surface area (Å²) in [7, 11) is -3.59. The molecule has 1 aliphatic heterocycles. The van der Waals surface area contributed by atoms with Gasteiger partial charge in [0.25, 0.3) is 0 Å². The molecular weight excluding hydrogens is 503 g/mol. The van der Waals surface area contributed by atoms with Crippen LogP contribution in [0.25, 0.3) is 0 Å². The Morgan fingerprint density at radius 3 is 2.21 bits per heavy atom. The Morgan fingerprint density at radius 2 is 1.67 bits per heavy atom. The summed E-state index contributed by atoms with van der Waals surface area (Å²) in [6.45, 7) is 8.14. The number of sulfonamides is 1. The molecule has 33 heavy (non-hydrogen) atoms. The number of aryl methyl sites for hydroxylation is 1. The maximum absolute atomic E-state index is 13.1. The second-order valence-corrected chi connectivity index (χ2v) is 14.1. The van der Waals surface area contributed by atoms with E-state index in [0.717, 1.165) is 5.56 Å². The highest BCUT2D eigenvalue weighted by Gasteiger charge is 2.38. The molecule has 0 amide bonds. The van der Waals surface area contributed by atoms with Crippen LogP contribution in [0.1, 0.15) is 50.8 Å². The number of phenols is 1. The molecule has 3 rings (SSSR count). The molecule has 6 nitrogen and oxygen atoms in total. The van der Waals surface area contributed by atoms with Gasteiger partial charge in [-0.1, -0.05) is 40.9 Å². The number of rotatable bonds is 6. The van der Waals surface area contributed by atoms with Crippen LogP contribution < -0.4 is 4.72 Å². The first-order valence-corrected chi connectivity index (χ1v) is 14.1. The molecule has 2 N–H and O–H groups in total. The molecule has 1 heterocycles. The minimum Gasteiger partial charge on any atom is -0.598 e. The Kier molecular flexibility index (Phi) is 8.32. The number of nitrogens with zero attached hydrogens (tertiary/aromatic N) is 1. The lowest BCUT2D eigenvalue weighted by molar-refractivity contribution is 0.234. The fourth-order valence-electron chi connectivity index (χ4n) is 3.82. The van der Waals surface area contributed by atoms with Crippen LogP contribution in [0.2, 0.25) is 10.0 Å². The summed E-state index contributed by atoms with van der Waals surface area (Å²) in [4.78, 5) is 0.275. The first kappa shape index (κ1) is 26.6. The van der Waals surface area contributed by atoms with E-state index in [4.69, 9.17) is 23.2 Å². The zero-order valence-electron chi connectivity index (χ0n) is 19.1. The van der Waals surface area contributed by atoms with Crippen molar-refractivity contribution in [2.75, 3.05) is 13.1 Å². The molecule has 0 aliphatic carbocycles. The van der Waals surface area contributed by atoms with Gasteiger partial charge in [0.1, 0.15) is 10.5 Å². The number of piperidine rings is 1. The van der Waals surface area contributed by atoms with Gasteiger partial charge >= 0.3 is 0 Å². The fourth-order valence-corrected chi connectivity index (χ4v) is 6.52. The van der Waals surface area contributed by atoms with Crippen LogP contribution in [0.3, 0.4) is 0 Å². The SMILES string of the molecule is Cc1ccc(S(=O)(=O)N2CCC(C(N[S+]([O-])C(C)(C)C)c3cc(Cl)c(Cl)cc3O)CC2)cc1. The lowest BCUT2D eigenvalue weighted by atomic mass is 9.86. The van der Waals surface area contributed by atoms with Gasteiger partial charge in [-0.3, -0.25) is 0 Å². The summed E-state index contributed by atoms with van der Waals surface area (Å²) in [6, 6.07) is 9.31. The van der Waals surface area contributed by atoms with E-state index in [0.29, 0.717) is 31.5 Å². The van der Waals surface area contributed by atoms with Gasteiger partial charge < -0.3 is 9.66 Å². The largest absolute Gasteiger partial charge is 0.598 e. The first-order chi connectivity index (χ1) is 15.3. The van der Waals surface area contributed by atoms with Crippen LogP contribution in [0, 0.1) is 12.8 Å². The smallest absolute Gasteiger partial charge is 0.243 e. The predicted molar refractivity (Wildman–Crippen MR) is 135 cm³/mol. The van der Waals surface area contributed by atoms with Gasteiger partial charge in [0.05, 0.1) is 21.0 Å². The predicted octanol–water partition coefficient (Wildman–Crippen LogP) is 5.20. The van der Waals surface area contributed by atoms with Gasteiger partial charge in [-0.15, -0.1) is 4.72 Å². The standard InChI is InChI=1S/C23H30Cl2N2O4S2/c1-15-5-7-17(8-6-15)33(30,31)27-11-9-16(10-12-27)22(26-32(29)23(2,3)4)18-13-19(24)20(25)14-21(18)28/h5-8,13-14,16,22,26,28H,9-12H2,1-4H3. The second kappa shape index (κ2) is 10.3. The molecule has 0 saturated carbocycles. The van der Waals surface area contributed by atoms with Crippen LogP contribution in [-0.4, -0.2) is 40.2 Å². The zero-order valence-corrected chi connectivity index (χ0v) is 22.3. The fraction of sp³-hybridized carbons (Fsp3) is 0.478. The van der Waals surface area contributed by atoms with Crippen molar-refractivity contribution in [1.82, 2.24) is 9.03 Å². The molecular formula is C23H30Cl2N2O4S2. The van der Waals surface area contributed by atoms with Crippen LogP contribution in [-0.2, 0) is 21.4 Å². The van der Waals surface area contributed by atoms with Crippen molar-refractivity contribution < 1.29 is 18.1 Å². The molecule has 182 valence electrons. The van der Waals surface area contributed by atoms with Crippen molar-refractivity contribution >= 4 is 44.6 Å². The quantitative estimate of drug-likeness (QED) is 0.498. The Labute approximate surface area is 209 Å². The van der Waals surface area contributed by atoms with E-state index in [2.05, 4.69) is 4.72 Å². The Morgan fingerprint density at radius 1 is 1.12 bits per heavy atom. The minimum atomic E-state index is -3.59. The van der Waals surface area contributed by atoms with E-state index in [1.807, 2.05) is 27.7 Å². The molecule has 2 atom stereocenters. The number of hydrogen-bond donors (Lipinski definition) is 2. The average Bonchev–Trinajstić information content (AvgIpc) is 2.74. The van der Waals surface area contributed by atoms with Crippen molar-refractivity contribution in [3.8, 4) is 5.75 Å². The summed E-state index contributed by atoms with van der Waals surface area (Å²) in [6.07, 6.45) is 1.06. The van der Waals surface area contributed by atoms with E-state index < -0.39 is 32.2 Å². The molecule has 2 aromatic carbocycles. The van der Waals surface area contributed by atoms with E-state index >= 15 is 0 Å². The molecule has 1 aliphatic rings. The van der Waals surface area contributed by atoms with Gasteiger partial charge in [-0.2, -0.15) is 4.31 Å². The highest BCUT2D eigenvalue weighted by molar-refractivity contribution is 7.90. The van der Waals surface area contributed by atoms with Crippen molar-refractivity contribution in [1.29, 1.82) is 0 Å². The average molecular weight is 534 g/mol. The minimum absolute atomic E-state index is 0.0393. The zero-order chi connectivity index (χ0) is 24.6. The Bertz CT molecular complexity index is 1080. The summed E-state index contributed by atoms with van der Waals surface area (Å²) in [5.41, 5.74) is 1.50. The molecule has 2 aromatic rings. The number of phenolic OH excluding ortho intramolecular Hbond substituents is 1. The second-order valence-electron chi connectivity index (χ2n) is 9.36. The summed E-state index contributed by atoms with van der Waals surface area (Å²) in [5, 5.41) is 11.1. The van der Waals surface area contributed by atoms with Crippen molar-refractivity contribution in [2.45, 2.75) is 56.2 Å². The maximum atomic E-state index is 13.1. The van der Waals surface area contributed by atoms with Crippen LogP contribution in [0.4, 0.5) is 0 Å². The van der Waals surface area contributed by atoms with E-state index in [1.54, 1.807) is 30.3 Å². The highest BCUT2D eigenvalue weighted by Crippen LogP contribution is 2.40. The van der Waals surface area contributed by atoms with Gasteiger partial charge in [-0.25, -0.2) is 8.42 Å².